The van der Waals surface area contributed by atoms with E-state index in [4.69, 9.17) is 4.74 Å². The van der Waals surface area contributed by atoms with Gasteiger partial charge < -0.3 is 10.1 Å². The van der Waals surface area contributed by atoms with Gasteiger partial charge in [0, 0.05) is 32.1 Å². The lowest BCUT2D eigenvalue weighted by molar-refractivity contribution is 0.181. The van der Waals surface area contributed by atoms with Gasteiger partial charge in [-0.15, -0.1) is 0 Å². The molecular weight excluding hydrogens is 242 g/mol. The summed E-state index contributed by atoms with van der Waals surface area (Å²) >= 11 is 0. The highest BCUT2D eigenvalue weighted by atomic mass is 16.5. The van der Waals surface area contributed by atoms with E-state index in [1.54, 1.807) is 19.5 Å². The molecule has 0 spiro atoms. The first-order valence-corrected chi connectivity index (χ1v) is 6.12. The van der Waals surface area contributed by atoms with Gasteiger partial charge in [0.1, 0.15) is 5.82 Å². The molecule has 0 saturated carbocycles. The highest BCUT2D eigenvalue weighted by molar-refractivity contribution is 5.49. The summed E-state index contributed by atoms with van der Waals surface area (Å²) in [6.07, 6.45) is 3.50. The summed E-state index contributed by atoms with van der Waals surface area (Å²) < 4.78 is 5.11. The second kappa shape index (κ2) is 6.19. The monoisotopic (exact) mass is 259 g/mol. The molecule has 0 aromatic carbocycles. The number of nitrogens with one attached hydrogen (secondary N) is 1. The molecule has 0 atom stereocenters. The summed E-state index contributed by atoms with van der Waals surface area (Å²) in [5.41, 5.74) is 1.80. The zero-order valence-electron chi connectivity index (χ0n) is 11.3. The summed E-state index contributed by atoms with van der Waals surface area (Å²) in [7, 11) is 1.64. The van der Waals surface area contributed by atoms with Crippen LogP contribution in [0.25, 0.3) is 11.6 Å². The Labute approximate surface area is 112 Å². The smallest absolute Gasteiger partial charge is 0.200 e. The van der Waals surface area contributed by atoms with Crippen LogP contribution in [0.15, 0.2) is 18.5 Å². The van der Waals surface area contributed by atoms with E-state index >= 15 is 0 Å². The van der Waals surface area contributed by atoms with Crippen LogP contribution in [0.1, 0.15) is 18.2 Å². The average Bonchev–Trinajstić information content (AvgIpc) is 2.40. The number of ether oxygens (including phenoxy) is 1. The van der Waals surface area contributed by atoms with Crippen LogP contribution in [0.2, 0.25) is 0 Å². The molecule has 0 radical (unpaired) electrons. The Morgan fingerprint density at radius 2 is 1.89 bits per heavy atom. The topological polar surface area (TPSA) is 72.8 Å². The summed E-state index contributed by atoms with van der Waals surface area (Å²) in [5.74, 6) is 1.77. The van der Waals surface area contributed by atoms with Gasteiger partial charge in [-0.25, -0.2) is 19.9 Å². The Bertz CT molecular complexity index is 517. The highest BCUT2D eigenvalue weighted by Gasteiger charge is 2.09. The number of aromatic nitrogens is 4. The maximum Gasteiger partial charge on any atom is 0.200 e. The SMILES string of the molecule is CCNc1cc(COC)nc(-c2ncc(C)cn2)n1. The van der Waals surface area contributed by atoms with Gasteiger partial charge in [0.2, 0.25) is 0 Å². The molecule has 0 saturated heterocycles. The molecule has 19 heavy (non-hydrogen) atoms. The largest absolute Gasteiger partial charge is 0.378 e. The average molecular weight is 259 g/mol. The van der Waals surface area contributed by atoms with Crippen molar-refractivity contribution in [2.45, 2.75) is 20.5 Å². The van der Waals surface area contributed by atoms with E-state index in [-0.39, 0.29) is 0 Å². The lowest BCUT2D eigenvalue weighted by Crippen LogP contribution is -2.06. The third-order valence-corrected chi connectivity index (χ3v) is 2.41. The van der Waals surface area contributed by atoms with Crippen molar-refractivity contribution in [2.24, 2.45) is 0 Å². The van der Waals surface area contributed by atoms with E-state index in [9.17, 15) is 0 Å². The fourth-order valence-corrected chi connectivity index (χ4v) is 1.60. The first kappa shape index (κ1) is 13.4. The third-order valence-electron chi connectivity index (χ3n) is 2.41. The number of nitrogens with zero attached hydrogens (tertiary/aromatic N) is 4. The van der Waals surface area contributed by atoms with Crippen molar-refractivity contribution >= 4 is 5.82 Å². The van der Waals surface area contributed by atoms with Crippen LogP contribution in [0.5, 0.6) is 0 Å². The second-order valence-corrected chi connectivity index (χ2v) is 4.12. The zero-order chi connectivity index (χ0) is 13.7. The number of aryl methyl sites for hydroxylation is 1. The number of hydrogen-bond acceptors (Lipinski definition) is 6. The van der Waals surface area contributed by atoms with Crippen molar-refractivity contribution in [2.75, 3.05) is 19.0 Å². The van der Waals surface area contributed by atoms with Gasteiger partial charge in [-0.1, -0.05) is 0 Å². The predicted molar refractivity (Wildman–Crippen MR) is 72.7 cm³/mol. The van der Waals surface area contributed by atoms with Gasteiger partial charge in [-0.3, -0.25) is 0 Å². The quantitative estimate of drug-likeness (QED) is 0.883. The summed E-state index contributed by atoms with van der Waals surface area (Å²) in [6.45, 7) is 5.17. The van der Waals surface area contributed by atoms with Crippen molar-refractivity contribution in [3.05, 3.63) is 29.7 Å². The predicted octanol–water partition coefficient (Wildman–Crippen LogP) is 1.82. The maximum absolute atomic E-state index is 5.11. The summed E-state index contributed by atoms with van der Waals surface area (Å²) in [6, 6.07) is 1.87. The van der Waals surface area contributed by atoms with Gasteiger partial charge >= 0.3 is 0 Å². The van der Waals surface area contributed by atoms with Gasteiger partial charge in [0.15, 0.2) is 11.6 Å². The second-order valence-electron chi connectivity index (χ2n) is 4.12. The highest BCUT2D eigenvalue weighted by Crippen LogP contribution is 2.14. The standard InChI is InChI=1S/C13H17N5O/c1-4-14-11-5-10(8-19-3)17-13(18-11)12-15-6-9(2)7-16-12/h5-7H,4,8H2,1-3H3,(H,14,17,18). The molecule has 0 aliphatic carbocycles. The van der Waals surface area contributed by atoms with E-state index in [1.807, 2.05) is 19.9 Å². The van der Waals surface area contributed by atoms with Crippen LogP contribution in [0.3, 0.4) is 0 Å². The minimum Gasteiger partial charge on any atom is -0.378 e. The third kappa shape index (κ3) is 3.45. The van der Waals surface area contributed by atoms with E-state index in [2.05, 4.69) is 25.3 Å². The number of rotatable bonds is 5. The molecule has 2 rings (SSSR count). The Morgan fingerprint density at radius 1 is 1.16 bits per heavy atom. The Kier molecular flexibility index (Phi) is 4.35. The maximum atomic E-state index is 5.11. The molecule has 0 fully saturated rings. The molecule has 6 heteroatoms. The van der Waals surface area contributed by atoms with E-state index in [0.29, 0.717) is 18.3 Å². The van der Waals surface area contributed by atoms with Crippen LogP contribution < -0.4 is 5.32 Å². The molecule has 6 nitrogen and oxygen atoms in total. The van der Waals surface area contributed by atoms with Crippen molar-refractivity contribution in [1.82, 2.24) is 19.9 Å². The molecule has 0 aliphatic heterocycles. The van der Waals surface area contributed by atoms with Gasteiger partial charge in [0.25, 0.3) is 0 Å². The van der Waals surface area contributed by atoms with Gasteiger partial charge in [0.05, 0.1) is 12.3 Å². The van der Waals surface area contributed by atoms with Crippen molar-refractivity contribution in [3.8, 4) is 11.6 Å². The molecule has 0 bridgehead atoms. The minimum atomic E-state index is 0.430. The molecule has 0 amide bonds. The van der Waals surface area contributed by atoms with E-state index in [0.717, 1.165) is 23.6 Å². The first-order chi connectivity index (χ1) is 9.22. The fraction of sp³-hybridized carbons (Fsp3) is 0.385. The molecular formula is C13H17N5O. The molecule has 0 unspecified atom stereocenters. The van der Waals surface area contributed by atoms with Crippen molar-refractivity contribution < 1.29 is 4.74 Å². The summed E-state index contributed by atoms with van der Waals surface area (Å²) in [5, 5.41) is 3.17. The molecule has 1 N–H and O–H groups in total. The first-order valence-electron chi connectivity index (χ1n) is 6.12. The number of anilines is 1. The fourth-order valence-electron chi connectivity index (χ4n) is 1.60. The minimum absolute atomic E-state index is 0.430. The van der Waals surface area contributed by atoms with Gasteiger partial charge in [-0.05, 0) is 19.4 Å². The molecule has 2 aromatic rings. The van der Waals surface area contributed by atoms with Crippen LogP contribution >= 0.6 is 0 Å². The van der Waals surface area contributed by atoms with E-state index in [1.165, 1.54) is 0 Å². The number of methoxy groups -OCH3 is 1. The summed E-state index contributed by atoms with van der Waals surface area (Å²) in [4.78, 5) is 17.3. The number of hydrogen-bond donors (Lipinski definition) is 1. The van der Waals surface area contributed by atoms with Crippen LogP contribution in [0.4, 0.5) is 5.82 Å². The van der Waals surface area contributed by atoms with E-state index < -0.39 is 0 Å². The Hall–Kier alpha value is -2.08. The normalized spacial score (nSPS) is 10.5. The van der Waals surface area contributed by atoms with Crippen LogP contribution in [-0.2, 0) is 11.3 Å². The molecule has 2 aromatic heterocycles. The van der Waals surface area contributed by atoms with Gasteiger partial charge in [-0.2, -0.15) is 0 Å². The van der Waals surface area contributed by atoms with Crippen molar-refractivity contribution in [3.63, 3.8) is 0 Å². The van der Waals surface area contributed by atoms with Crippen LogP contribution in [0, 0.1) is 6.92 Å². The molecule has 100 valence electrons. The Morgan fingerprint density at radius 3 is 2.53 bits per heavy atom. The van der Waals surface area contributed by atoms with Crippen molar-refractivity contribution in [1.29, 1.82) is 0 Å². The molecule has 0 aliphatic rings. The molecule has 2 heterocycles. The van der Waals surface area contributed by atoms with Crippen LogP contribution in [-0.4, -0.2) is 33.6 Å². The Balaban J connectivity index is 2.40. The lowest BCUT2D eigenvalue weighted by atomic mass is 10.3. The zero-order valence-corrected chi connectivity index (χ0v) is 11.3. The lowest BCUT2D eigenvalue weighted by Gasteiger charge is -2.07.